The highest BCUT2D eigenvalue weighted by Gasteiger charge is 2.27. The topological polar surface area (TPSA) is 35.2 Å². The summed E-state index contributed by atoms with van der Waals surface area (Å²) < 4.78 is 32.0. The summed E-state index contributed by atoms with van der Waals surface area (Å²) in [6.45, 7) is 6.10. The van der Waals surface area contributed by atoms with Gasteiger partial charge in [0.25, 0.3) is 0 Å². The van der Waals surface area contributed by atoms with Crippen molar-refractivity contribution in [1.82, 2.24) is 0 Å². The van der Waals surface area contributed by atoms with Gasteiger partial charge in [0.05, 0.1) is 5.60 Å². The molecule has 0 bridgehead atoms. The Morgan fingerprint density at radius 1 is 1.35 bits per heavy atom. The summed E-state index contributed by atoms with van der Waals surface area (Å²) in [4.78, 5) is 0. The van der Waals surface area contributed by atoms with Crippen molar-refractivity contribution in [2.75, 3.05) is 6.61 Å². The first-order valence-electron chi connectivity index (χ1n) is 5.71. The van der Waals surface area contributed by atoms with E-state index in [0.29, 0.717) is 6.61 Å². The van der Waals surface area contributed by atoms with Gasteiger partial charge in [0.15, 0.2) is 11.6 Å². The van der Waals surface area contributed by atoms with E-state index in [-0.39, 0.29) is 12.0 Å². The van der Waals surface area contributed by atoms with E-state index in [1.54, 1.807) is 6.07 Å². The van der Waals surface area contributed by atoms with Crippen LogP contribution in [0.4, 0.5) is 8.78 Å². The number of nitrogens with two attached hydrogens (primary N) is 1. The van der Waals surface area contributed by atoms with Crippen molar-refractivity contribution in [1.29, 1.82) is 0 Å². The minimum absolute atomic E-state index is 0.247. The first kappa shape index (κ1) is 14.1. The number of hydrogen-bond acceptors (Lipinski definition) is 2. The van der Waals surface area contributed by atoms with Crippen LogP contribution in [0.5, 0.6) is 0 Å². The van der Waals surface area contributed by atoms with Crippen LogP contribution in [0, 0.1) is 11.6 Å². The molecule has 0 aliphatic carbocycles. The molecule has 1 rings (SSSR count). The van der Waals surface area contributed by atoms with E-state index in [4.69, 9.17) is 10.5 Å². The maximum atomic E-state index is 13.5. The lowest BCUT2D eigenvalue weighted by Crippen LogP contribution is -2.47. The summed E-state index contributed by atoms with van der Waals surface area (Å²) in [5, 5.41) is 0. The van der Waals surface area contributed by atoms with Crippen molar-refractivity contribution in [2.24, 2.45) is 5.73 Å². The zero-order valence-electron chi connectivity index (χ0n) is 10.5. The first-order chi connectivity index (χ1) is 7.88. The van der Waals surface area contributed by atoms with Gasteiger partial charge in [0.1, 0.15) is 0 Å². The van der Waals surface area contributed by atoms with Crippen molar-refractivity contribution in [3.05, 3.63) is 35.4 Å². The Morgan fingerprint density at radius 3 is 2.59 bits per heavy atom. The molecule has 0 saturated heterocycles. The molecule has 2 N–H and O–H groups in total. The maximum Gasteiger partial charge on any atom is 0.162 e. The number of hydrogen-bond donors (Lipinski definition) is 1. The molecule has 0 radical (unpaired) electrons. The van der Waals surface area contributed by atoms with Gasteiger partial charge in [-0.1, -0.05) is 12.1 Å². The molecule has 1 aromatic rings. The summed E-state index contributed by atoms with van der Waals surface area (Å²) in [6, 6.07) is 3.73. The smallest absolute Gasteiger partial charge is 0.162 e. The Bertz CT molecular complexity index is 380. The van der Waals surface area contributed by atoms with Gasteiger partial charge >= 0.3 is 0 Å². The van der Waals surface area contributed by atoms with Gasteiger partial charge in [-0.05, 0) is 38.8 Å². The second-order valence-corrected chi connectivity index (χ2v) is 4.56. The van der Waals surface area contributed by atoms with Crippen molar-refractivity contribution >= 4 is 0 Å². The highest BCUT2D eigenvalue weighted by atomic mass is 19.2. The molecule has 96 valence electrons. The molecular formula is C13H19F2NO. The molecule has 0 amide bonds. The largest absolute Gasteiger partial charge is 0.374 e. The van der Waals surface area contributed by atoms with Crippen molar-refractivity contribution < 1.29 is 13.5 Å². The predicted octanol–water partition coefficient (Wildman–Crippen LogP) is 2.65. The van der Waals surface area contributed by atoms with Crippen LogP contribution >= 0.6 is 0 Å². The SMILES string of the molecule is CCOC(C)(C)C(N)Cc1cccc(F)c1F. The van der Waals surface area contributed by atoms with Gasteiger partial charge in [-0.3, -0.25) is 0 Å². The lowest BCUT2D eigenvalue weighted by Gasteiger charge is -2.31. The fraction of sp³-hybridized carbons (Fsp3) is 0.538. The van der Waals surface area contributed by atoms with Crippen LogP contribution in [0.15, 0.2) is 18.2 Å². The standard InChI is InChI=1S/C13H19F2NO/c1-4-17-13(2,3)11(16)8-9-6-5-7-10(14)12(9)15/h5-7,11H,4,8,16H2,1-3H3. The van der Waals surface area contributed by atoms with Gasteiger partial charge in [-0.2, -0.15) is 0 Å². The molecule has 4 heteroatoms. The van der Waals surface area contributed by atoms with E-state index >= 15 is 0 Å². The van der Waals surface area contributed by atoms with E-state index in [1.807, 2.05) is 20.8 Å². The quantitative estimate of drug-likeness (QED) is 0.862. The summed E-state index contributed by atoms with van der Waals surface area (Å²) in [7, 11) is 0. The van der Waals surface area contributed by atoms with Crippen LogP contribution in [-0.2, 0) is 11.2 Å². The molecule has 0 aliphatic rings. The number of ether oxygens (including phenoxy) is 1. The minimum Gasteiger partial charge on any atom is -0.374 e. The lowest BCUT2D eigenvalue weighted by molar-refractivity contribution is -0.0289. The molecule has 0 fully saturated rings. The average molecular weight is 243 g/mol. The second kappa shape index (κ2) is 5.56. The Balaban J connectivity index is 2.81. The van der Waals surface area contributed by atoms with Crippen molar-refractivity contribution in [3.63, 3.8) is 0 Å². The Hall–Kier alpha value is -1.00. The number of halogens is 2. The third-order valence-electron chi connectivity index (χ3n) is 2.88. The van der Waals surface area contributed by atoms with Crippen LogP contribution < -0.4 is 5.73 Å². The van der Waals surface area contributed by atoms with Gasteiger partial charge in [-0.25, -0.2) is 8.78 Å². The lowest BCUT2D eigenvalue weighted by atomic mass is 9.92. The van der Waals surface area contributed by atoms with E-state index in [2.05, 4.69) is 0 Å². The highest BCUT2D eigenvalue weighted by Crippen LogP contribution is 2.19. The Morgan fingerprint density at radius 2 is 2.00 bits per heavy atom. The van der Waals surface area contributed by atoms with Crippen molar-refractivity contribution in [3.8, 4) is 0 Å². The van der Waals surface area contributed by atoms with Crippen LogP contribution in [0.1, 0.15) is 26.3 Å². The van der Waals surface area contributed by atoms with Crippen LogP contribution in [-0.4, -0.2) is 18.2 Å². The molecule has 2 nitrogen and oxygen atoms in total. The highest BCUT2D eigenvalue weighted by molar-refractivity contribution is 5.20. The molecule has 17 heavy (non-hydrogen) atoms. The number of rotatable bonds is 5. The maximum absolute atomic E-state index is 13.5. The van der Waals surface area contributed by atoms with Gasteiger partial charge in [0.2, 0.25) is 0 Å². The third-order valence-corrected chi connectivity index (χ3v) is 2.88. The molecule has 0 heterocycles. The summed E-state index contributed by atoms with van der Waals surface area (Å²) in [5.74, 6) is -1.67. The first-order valence-corrected chi connectivity index (χ1v) is 5.71. The third kappa shape index (κ3) is 3.48. The van der Waals surface area contributed by atoms with Gasteiger partial charge in [0, 0.05) is 12.6 Å². The van der Waals surface area contributed by atoms with Gasteiger partial charge in [-0.15, -0.1) is 0 Å². The molecule has 0 aromatic heterocycles. The molecule has 0 aliphatic heterocycles. The van der Waals surface area contributed by atoms with E-state index in [9.17, 15) is 8.78 Å². The zero-order valence-corrected chi connectivity index (χ0v) is 10.5. The van der Waals surface area contributed by atoms with Crippen LogP contribution in [0.25, 0.3) is 0 Å². The predicted molar refractivity (Wildman–Crippen MR) is 63.7 cm³/mol. The monoisotopic (exact) mass is 243 g/mol. The van der Waals surface area contributed by atoms with Crippen LogP contribution in [0.3, 0.4) is 0 Å². The Kier molecular flexibility index (Phi) is 4.60. The Labute approximate surface area is 101 Å². The molecule has 1 aromatic carbocycles. The normalized spacial score (nSPS) is 13.8. The van der Waals surface area contributed by atoms with Crippen molar-refractivity contribution in [2.45, 2.75) is 38.8 Å². The summed E-state index contributed by atoms with van der Waals surface area (Å²) in [5.41, 5.74) is 5.70. The average Bonchev–Trinajstić information content (AvgIpc) is 2.24. The zero-order chi connectivity index (χ0) is 13.1. The molecule has 1 atom stereocenters. The number of benzene rings is 1. The molecule has 1 unspecified atom stereocenters. The fourth-order valence-corrected chi connectivity index (χ4v) is 1.67. The second-order valence-electron chi connectivity index (χ2n) is 4.56. The van der Waals surface area contributed by atoms with E-state index in [0.717, 1.165) is 6.07 Å². The summed E-state index contributed by atoms with van der Waals surface area (Å²) in [6.07, 6.45) is 0.247. The molecule has 0 saturated carbocycles. The van der Waals surface area contributed by atoms with E-state index < -0.39 is 23.3 Å². The molecule has 0 spiro atoms. The summed E-state index contributed by atoms with van der Waals surface area (Å²) >= 11 is 0. The minimum atomic E-state index is -0.844. The van der Waals surface area contributed by atoms with Crippen LogP contribution in [0.2, 0.25) is 0 Å². The fourth-order valence-electron chi connectivity index (χ4n) is 1.67. The van der Waals surface area contributed by atoms with E-state index in [1.165, 1.54) is 6.07 Å². The molecular weight excluding hydrogens is 224 g/mol. The van der Waals surface area contributed by atoms with Gasteiger partial charge < -0.3 is 10.5 Å².